The number of nitrogens with one attached hydrogen (secondary N) is 1. The van der Waals surface area contributed by atoms with Gasteiger partial charge in [0.05, 0.1) is 24.5 Å². The van der Waals surface area contributed by atoms with E-state index in [2.05, 4.69) is 30.4 Å². The first kappa shape index (κ1) is 19.2. The van der Waals surface area contributed by atoms with Gasteiger partial charge in [-0.15, -0.1) is 0 Å². The van der Waals surface area contributed by atoms with Crippen LogP contribution in [-0.4, -0.2) is 54.5 Å². The standard InChI is InChI=1S/C19H19N9O2/c1-19(9-16(29)27(2)18(20)26-19)14-8-12(4-6-21-14)25-17(30)13-10-23-15(11-22-13)28-7-3-5-24-28/h3-8,10-11H,9H2,1-2H3,(H2,20,26)(H,21,25,30). The molecule has 3 N–H and O–H groups in total. The van der Waals surface area contributed by atoms with Crippen LogP contribution >= 0.6 is 0 Å². The van der Waals surface area contributed by atoms with E-state index in [0.717, 1.165) is 0 Å². The molecule has 1 unspecified atom stereocenters. The van der Waals surface area contributed by atoms with Crippen LogP contribution in [0.2, 0.25) is 0 Å². The molecule has 0 radical (unpaired) electrons. The molecular formula is C19H19N9O2. The lowest BCUT2D eigenvalue weighted by Crippen LogP contribution is -2.47. The van der Waals surface area contributed by atoms with E-state index < -0.39 is 11.4 Å². The van der Waals surface area contributed by atoms with Crippen molar-refractivity contribution in [2.45, 2.75) is 18.9 Å². The lowest BCUT2D eigenvalue weighted by atomic mass is 9.91. The van der Waals surface area contributed by atoms with Gasteiger partial charge < -0.3 is 11.1 Å². The molecule has 4 heterocycles. The molecule has 30 heavy (non-hydrogen) atoms. The molecule has 0 saturated carbocycles. The number of anilines is 1. The van der Waals surface area contributed by atoms with Crippen molar-refractivity contribution in [2.75, 3.05) is 12.4 Å². The fourth-order valence-electron chi connectivity index (χ4n) is 3.02. The van der Waals surface area contributed by atoms with Gasteiger partial charge in [-0.1, -0.05) is 0 Å². The number of pyridine rings is 1. The quantitative estimate of drug-likeness (QED) is 0.650. The minimum atomic E-state index is -0.917. The van der Waals surface area contributed by atoms with Crippen LogP contribution in [0.5, 0.6) is 0 Å². The topological polar surface area (TPSA) is 144 Å². The number of hydrogen-bond donors (Lipinski definition) is 2. The molecule has 0 bridgehead atoms. The summed E-state index contributed by atoms with van der Waals surface area (Å²) in [4.78, 5) is 43.2. The first-order valence-electron chi connectivity index (χ1n) is 9.07. The van der Waals surface area contributed by atoms with Crippen LogP contribution in [0, 0.1) is 0 Å². The highest BCUT2D eigenvalue weighted by atomic mass is 16.2. The van der Waals surface area contributed by atoms with Crippen molar-refractivity contribution in [3.8, 4) is 5.82 Å². The number of carbonyl (C=O) groups excluding carboxylic acids is 2. The summed E-state index contributed by atoms with van der Waals surface area (Å²) in [7, 11) is 1.57. The van der Waals surface area contributed by atoms with Gasteiger partial charge in [0, 0.05) is 31.3 Å². The van der Waals surface area contributed by atoms with Gasteiger partial charge in [-0.3, -0.25) is 19.5 Å². The van der Waals surface area contributed by atoms with Crippen LogP contribution < -0.4 is 11.1 Å². The van der Waals surface area contributed by atoms with E-state index in [4.69, 9.17) is 5.73 Å². The number of amides is 2. The Balaban J connectivity index is 1.53. The summed E-state index contributed by atoms with van der Waals surface area (Å²) < 4.78 is 1.54. The van der Waals surface area contributed by atoms with Crippen LogP contribution in [-0.2, 0) is 10.3 Å². The summed E-state index contributed by atoms with van der Waals surface area (Å²) in [5.41, 5.74) is 6.10. The summed E-state index contributed by atoms with van der Waals surface area (Å²) in [6, 6.07) is 5.07. The van der Waals surface area contributed by atoms with Crippen molar-refractivity contribution in [2.24, 2.45) is 10.7 Å². The highest BCUT2D eigenvalue weighted by Gasteiger charge is 2.37. The van der Waals surface area contributed by atoms with Crippen molar-refractivity contribution in [3.05, 3.63) is 60.6 Å². The van der Waals surface area contributed by atoms with Crippen LogP contribution in [0.1, 0.15) is 29.5 Å². The molecule has 2 amide bonds. The van der Waals surface area contributed by atoms with Crippen molar-refractivity contribution < 1.29 is 9.59 Å². The van der Waals surface area contributed by atoms with E-state index >= 15 is 0 Å². The van der Waals surface area contributed by atoms with Crippen molar-refractivity contribution in [1.82, 2.24) is 29.6 Å². The van der Waals surface area contributed by atoms with Crippen LogP contribution in [0.4, 0.5) is 5.69 Å². The van der Waals surface area contributed by atoms with E-state index in [9.17, 15) is 9.59 Å². The second-order valence-corrected chi connectivity index (χ2v) is 6.97. The molecule has 0 saturated heterocycles. The Morgan fingerprint density at radius 2 is 2.07 bits per heavy atom. The SMILES string of the molecule is CN1C(=O)CC(C)(c2cc(NC(=O)c3cnc(-n4cccn4)cn3)ccn2)N=C1N. The van der Waals surface area contributed by atoms with Crippen molar-refractivity contribution in [3.63, 3.8) is 0 Å². The molecule has 11 nitrogen and oxygen atoms in total. The molecule has 1 aliphatic heterocycles. The average Bonchev–Trinajstić information content (AvgIpc) is 3.27. The Morgan fingerprint density at radius 1 is 1.23 bits per heavy atom. The van der Waals surface area contributed by atoms with Crippen molar-refractivity contribution in [1.29, 1.82) is 0 Å². The maximum Gasteiger partial charge on any atom is 0.275 e. The fourth-order valence-corrected chi connectivity index (χ4v) is 3.02. The number of hydrogen-bond acceptors (Lipinski definition) is 8. The third-order valence-corrected chi connectivity index (χ3v) is 4.75. The van der Waals surface area contributed by atoms with Gasteiger partial charge in [0.15, 0.2) is 11.8 Å². The van der Waals surface area contributed by atoms with E-state index in [-0.39, 0.29) is 24.0 Å². The van der Waals surface area contributed by atoms with Gasteiger partial charge >= 0.3 is 0 Å². The molecule has 11 heteroatoms. The molecule has 1 atom stereocenters. The zero-order valence-corrected chi connectivity index (χ0v) is 16.4. The highest BCUT2D eigenvalue weighted by Crippen LogP contribution is 2.32. The van der Waals surface area contributed by atoms with Crippen LogP contribution in [0.25, 0.3) is 5.82 Å². The molecule has 1 aliphatic rings. The predicted octanol–water partition coefficient (Wildman–Crippen LogP) is 0.702. The van der Waals surface area contributed by atoms with Gasteiger partial charge in [0.2, 0.25) is 5.91 Å². The van der Waals surface area contributed by atoms with E-state index in [1.54, 1.807) is 49.2 Å². The Bertz CT molecular complexity index is 1130. The number of aliphatic imine (C=N–C) groups is 1. The second kappa shape index (κ2) is 7.35. The lowest BCUT2D eigenvalue weighted by molar-refractivity contribution is -0.128. The molecule has 0 aromatic carbocycles. The van der Waals surface area contributed by atoms with Gasteiger partial charge in [-0.2, -0.15) is 5.10 Å². The Hall–Kier alpha value is -4.15. The van der Waals surface area contributed by atoms with Gasteiger partial charge in [0.1, 0.15) is 11.2 Å². The minimum Gasteiger partial charge on any atom is -0.369 e. The molecule has 0 aliphatic carbocycles. The van der Waals surface area contributed by atoms with Gasteiger partial charge in [-0.05, 0) is 25.1 Å². The first-order chi connectivity index (χ1) is 14.4. The summed E-state index contributed by atoms with van der Waals surface area (Å²) in [5, 5.41) is 6.83. The monoisotopic (exact) mass is 405 g/mol. The number of rotatable bonds is 4. The zero-order valence-electron chi connectivity index (χ0n) is 16.4. The molecule has 4 rings (SSSR count). The third kappa shape index (κ3) is 3.60. The maximum absolute atomic E-state index is 12.6. The third-order valence-electron chi connectivity index (χ3n) is 4.75. The number of nitrogens with zero attached hydrogens (tertiary/aromatic N) is 7. The van der Waals surface area contributed by atoms with Crippen molar-refractivity contribution >= 4 is 23.5 Å². The number of guanidine groups is 1. The molecule has 3 aromatic heterocycles. The summed E-state index contributed by atoms with van der Waals surface area (Å²) in [5.74, 6) is 0.0312. The largest absolute Gasteiger partial charge is 0.369 e. The number of nitrogens with two attached hydrogens (primary N) is 1. The minimum absolute atomic E-state index is 0.120. The van der Waals surface area contributed by atoms with E-state index in [0.29, 0.717) is 17.2 Å². The molecule has 3 aromatic rings. The summed E-state index contributed by atoms with van der Waals surface area (Å²) >= 11 is 0. The van der Waals surface area contributed by atoms with E-state index in [1.807, 2.05) is 0 Å². The van der Waals surface area contributed by atoms with Gasteiger partial charge in [0.25, 0.3) is 5.91 Å². The van der Waals surface area contributed by atoms with Crippen LogP contribution in [0.3, 0.4) is 0 Å². The molecule has 0 spiro atoms. The Labute approximate surface area is 171 Å². The molecule has 0 fully saturated rings. The fraction of sp³-hybridized carbons (Fsp3) is 0.211. The highest BCUT2D eigenvalue weighted by molar-refractivity contribution is 6.02. The van der Waals surface area contributed by atoms with Gasteiger partial charge in [-0.25, -0.2) is 19.6 Å². The number of carbonyl (C=O) groups is 2. The summed E-state index contributed by atoms with van der Waals surface area (Å²) in [6.07, 6.45) is 7.84. The molecular weight excluding hydrogens is 386 g/mol. The number of aromatic nitrogens is 5. The second-order valence-electron chi connectivity index (χ2n) is 6.97. The van der Waals surface area contributed by atoms with E-state index in [1.165, 1.54) is 23.5 Å². The lowest BCUT2D eigenvalue weighted by Gasteiger charge is -2.32. The molecule has 152 valence electrons. The smallest absolute Gasteiger partial charge is 0.275 e. The normalized spacial score (nSPS) is 18.8. The predicted molar refractivity (Wildman–Crippen MR) is 108 cm³/mol. The first-order valence-corrected chi connectivity index (χ1v) is 9.07. The van der Waals surface area contributed by atoms with Crippen LogP contribution in [0.15, 0.2) is 54.2 Å². The average molecular weight is 405 g/mol. The zero-order chi connectivity index (χ0) is 21.3. The summed E-state index contributed by atoms with van der Waals surface area (Å²) in [6.45, 7) is 1.78. The maximum atomic E-state index is 12.6. The Kier molecular flexibility index (Phi) is 4.70. The Morgan fingerprint density at radius 3 is 2.73 bits per heavy atom.